The highest BCUT2D eigenvalue weighted by Gasteiger charge is 2.46. The Balaban J connectivity index is 0.00000153. The van der Waals surface area contributed by atoms with Crippen LogP contribution in [0.1, 0.15) is 42.1 Å². The Morgan fingerprint density at radius 2 is 1.76 bits per heavy atom. The molecule has 2 N–H and O–H groups in total. The predicted octanol–water partition coefficient (Wildman–Crippen LogP) is 3.66. The smallest absolute Gasteiger partial charge is 0.160 e. The van der Waals surface area contributed by atoms with Gasteiger partial charge in [0.2, 0.25) is 0 Å². The van der Waals surface area contributed by atoms with Gasteiger partial charge in [-0.2, -0.15) is 0 Å². The Morgan fingerprint density at radius 3 is 2.42 bits per heavy atom. The van der Waals surface area contributed by atoms with Crippen LogP contribution in [0.5, 0.6) is 0 Å². The average Bonchev–Trinajstić information content (AvgIpc) is 3.53. The van der Waals surface area contributed by atoms with E-state index < -0.39 is 5.72 Å². The van der Waals surface area contributed by atoms with E-state index in [4.69, 9.17) is 4.74 Å². The summed E-state index contributed by atoms with van der Waals surface area (Å²) in [5.41, 5.74) is 1.77. The maximum Gasteiger partial charge on any atom is 0.160 e. The molecule has 5 rings (SSSR count). The summed E-state index contributed by atoms with van der Waals surface area (Å²) in [4.78, 5) is 0. The number of hydrogen-bond acceptors (Lipinski definition) is 6. The molecule has 2 aromatic carbocycles. The molecule has 0 bridgehead atoms. The molecule has 0 amide bonds. The van der Waals surface area contributed by atoms with Gasteiger partial charge in [-0.25, -0.2) is 4.68 Å². The number of hydrogen-bond donors (Lipinski definition) is 2. The fourth-order valence-corrected chi connectivity index (χ4v) is 4.69. The minimum absolute atomic E-state index is 0. The maximum atomic E-state index is 6.20. The van der Waals surface area contributed by atoms with Gasteiger partial charge in [0.05, 0.1) is 6.04 Å². The molecule has 2 heterocycles. The van der Waals surface area contributed by atoms with E-state index in [1.165, 1.54) is 18.4 Å². The van der Waals surface area contributed by atoms with Crippen LogP contribution in [-0.4, -0.2) is 39.9 Å². The van der Waals surface area contributed by atoms with Gasteiger partial charge in [0.25, 0.3) is 0 Å². The number of halogens is 2. The highest BCUT2D eigenvalue weighted by atomic mass is 35.5. The van der Waals surface area contributed by atoms with Crippen molar-refractivity contribution in [3.8, 4) is 0 Å². The second kappa shape index (κ2) is 11.4. The summed E-state index contributed by atoms with van der Waals surface area (Å²) < 4.78 is 8.22. The highest BCUT2D eigenvalue weighted by Crippen LogP contribution is 2.37. The molecule has 178 valence electrons. The van der Waals surface area contributed by atoms with Crippen molar-refractivity contribution in [1.29, 1.82) is 0 Å². The first-order chi connectivity index (χ1) is 15.3. The zero-order chi connectivity index (χ0) is 21.1. The second-order valence-electron chi connectivity index (χ2n) is 8.70. The molecular formula is C24H32Cl2N6O. The monoisotopic (exact) mass is 490 g/mol. The van der Waals surface area contributed by atoms with E-state index in [1.807, 2.05) is 16.8 Å². The zero-order valence-corrected chi connectivity index (χ0v) is 20.4. The normalized spacial score (nSPS) is 24.5. The molecule has 1 aliphatic heterocycles. The van der Waals surface area contributed by atoms with E-state index in [2.05, 4.69) is 74.7 Å². The molecule has 9 heteroatoms. The number of tetrazole rings is 1. The molecule has 2 aliphatic rings. The molecule has 3 atom stereocenters. The molecule has 1 saturated heterocycles. The van der Waals surface area contributed by atoms with Crippen LogP contribution in [0.4, 0.5) is 0 Å². The van der Waals surface area contributed by atoms with Crippen molar-refractivity contribution in [2.75, 3.05) is 13.7 Å². The lowest BCUT2D eigenvalue weighted by atomic mass is 9.82. The van der Waals surface area contributed by atoms with Gasteiger partial charge >= 0.3 is 0 Å². The molecule has 1 saturated carbocycles. The van der Waals surface area contributed by atoms with E-state index in [0.29, 0.717) is 0 Å². The van der Waals surface area contributed by atoms with Crippen LogP contribution < -0.4 is 10.6 Å². The van der Waals surface area contributed by atoms with E-state index in [-0.39, 0.29) is 36.8 Å². The van der Waals surface area contributed by atoms with E-state index >= 15 is 0 Å². The zero-order valence-electron chi connectivity index (χ0n) is 18.8. The predicted molar refractivity (Wildman–Crippen MR) is 133 cm³/mol. The minimum Gasteiger partial charge on any atom is -0.358 e. The largest absolute Gasteiger partial charge is 0.358 e. The molecule has 1 aliphatic carbocycles. The number of nitrogens with zero attached hydrogens (tertiary/aromatic N) is 4. The molecule has 0 radical (unpaired) electrons. The summed E-state index contributed by atoms with van der Waals surface area (Å²) in [6.07, 6.45) is 3.45. The van der Waals surface area contributed by atoms with Gasteiger partial charge in [0.1, 0.15) is 0 Å². The van der Waals surface area contributed by atoms with Crippen LogP contribution in [0.15, 0.2) is 60.7 Å². The Kier molecular flexibility index (Phi) is 8.84. The van der Waals surface area contributed by atoms with E-state index in [0.717, 1.165) is 43.4 Å². The lowest BCUT2D eigenvalue weighted by Crippen LogP contribution is -2.63. The van der Waals surface area contributed by atoms with Crippen molar-refractivity contribution < 1.29 is 4.74 Å². The van der Waals surface area contributed by atoms with E-state index in [9.17, 15) is 0 Å². The molecule has 33 heavy (non-hydrogen) atoms. The summed E-state index contributed by atoms with van der Waals surface area (Å²) in [5.74, 6) is 1.92. The van der Waals surface area contributed by atoms with E-state index in [1.54, 1.807) is 7.11 Å². The molecule has 7 nitrogen and oxygen atoms in total. The van der Waals surface area contributed by atoms with Crippen LogP contribution in [-0.2, 0) is 23.6 Å². The van der Waals surface area contributed by atoms with Crippen molar-refractivity contribution in [1.82, 2.24) is 30.8 Å². The Labute approximate surface area is 207 Å². The third-order valence-corrected chi connectivity index (χ3v) is 6.59. The fourth-order valence-electron chi connectivity index (χ4n) is 4.69. The lowest BCUT2D eigenvalue weighted by Gasteiger charge is -2.46. The quantitative estimate of drug-likeness (QED) is 0.501. The van der Waals surface area contributed by atoms with Crippen molar-refractivity contribution >= 4 is 24.8 Å². The average molecular weight is 491 g/mol. The Bertz CT molecular complexity index is 985. The molecule has 2 fully saturated rings. The summed E-state index contributed by atoms with van der Waals surface area (Å²) in [5, 5.41) is 20.2. The topological polar surface area (TPSA) is 76.9 Å². The molecule has 1 aromatic heterocycles. The van der Waals surface area contributed by atoms with Crippen molar-refractivity contribution in [3.63, 3.8) is 0 Å². The van der Waals surface area contributed by atoms with Gasteiger partial charge in [-0.15, -0.1) is 29.9 Å². The molecule has 1 unspecified atom stereocenters. The van der Waals surface area contributed by atoms with Crippen LogP contribution in [0.2, 0.25) is 0 Å². The second-order valence-corrected chi connectivity index (χ2v) is 8.70. The number of aromatic nitrogens is 4. The number of piperidine rings is 1. The SMILES string of the molecule is CO[C@]1(c2ccccc2)NCC(c2nnnn2CC2CC2)C[C@@H]1NCc1ccccc1.Cl.Cl. The van der Waals surface area contributed by atoms with Gasteiger partial charge in [-0.3, -0.25) is 5.32 Å². The molecule has 0 spiro atoms. The first-order valence-electron chi connectivity index (χ1n) is 11.2. The Morgan fingerprint density at radius 1 is 1.06 bits per heavy atom. The number of ether oxygens (including phenoxy) is 1. The first kappa shape index (κ1) is 25.6. The van der Waals surface area contributed by atoms with Gasteiger partial charge in [-0.1, -0.05) is 60.7 Å². The van der Waals surface area contributed by atoms with Crippen LogP contribution >= 0.6 is 24.8 Å². The van der Waals surface area contributed by atoms with Crippen LogP contribution in [0.3, 0.4) is 0 Å². The maximum absolute atomic E-state index is 6.20. The van der Waals surface area contributed by atoms with Crippen LogP contribution in [0, 0.1) is 5.92 Å². The van der Waals surface area contributed by atoms with Gasteiger partial charge in [0.15, 0.2) is 11.5 Å². The number of nitrogens with one attached hydrogen (secondary N) is 2. The number of benzene rings is 2. The third-order valence-electron chi connectivity index (χ3n) is 6.59. The number of methoxy groups -OCH3 is 1. The summed E-state index contributed by atoms with van der Waals surface area (Å²) in [6.45, 7) is 2.46. The lowest BCUT2D eigenvalue weighted by molar-refractivity contribution is -0.0942. The minimum atomic E-state index is -0.610. The summed E-state index contributed by atoms with van der Waals surface area (Å²) >= 11 is 0. The fraction of sp³-hybridized carbons (Fsp3) is 0.458. The van der Waals surface area contributed by atoms with Crippen molar-refractivity contribution in [2.24, 2.45) is 5.92 Å². The molecular weight excluding hydrogens is 459 g/mol. The standard InChI is InChI=1S/C24H30N6O.2ClH/c1-31-24(21-10-6-3-7-11-21)22(25-15-18-8-4-2-5-9-18)14-20(16-26-24)23-27-28-29-30(23)17-19-12-13-19;;/h2-11,19-20,22,25-26H,12-17H2,1H3;2*1H/t20?,22-,24-;;/m0../s1. The Hall–Kier alpha value is -2.03. The highest BCUT2D eigenvalue weighted by molar-refractivity contribution is 5.85. The van der Waals surface area contributed by atoms with Gasteiger partial charge in [-0.05, 0) is 41.2 Å². The first-order valence-corrected chi connectivity index (χ1v) is 11.2. The number of rotatable bonds is 8. The van der Waals surface area contributed by atoms with Gasteiger partial charge in [0, 0.05) is 38.2 Å². The van der Waals surface area contributed by atoms with Crippen molar-refractivity contribution in [3.05, 3.63) is 77.6 Å². The van der Waals surface area contributed by atoms with Crippen LogP contribution in [0.25, 0.3) is 0 Å². The summed E-state index contributed by atoms with van der Waals surface area (Å²) in [7, 11) is 1.79. The summed E-state index contributed by atoms with van der Waals surface area (Å²) in [6, 6.07) is 21.0. The van der Waals surface area contributed by atoms with Crippen molar-refractivity contribution in [2.45, 2.75) is 50.0 Å². The van der Waals surface area contributed by atoms with Gasteiger partial charge < -0.3 is 10.1 Å². The molecule has 3 aromatic rings. The third kappa shape index (κ3) is 5.55.